The van der Waals surface area contributed by atoms with Crippen molar-refractivity contribution in [1.82, 2.24) is 9.88 Å². The summed E-state index contributed by atoms with van der Waals surface area (Å²) in [5, 5.41) is 3.49. The average molecular weight is 412 g/mol. The van der Waals surface area contributed by atoms with E-state index < -0.39 is 0 Å². The number of thiazole rings is 1. The zero-order valence-corrected chi connectivity index (χ0v) is 16.8. The highest BCUT2D eigenvalue weighted by atomic mass is 32.1. The van der Waals surface area contributed by atoms with Gasteiger partial charge in [0.1, 0.15) is 11.6 Å². The van der Waals surface area contributed by atoms with Crippen LogP contribution in [-0.2, 0) is 24.3 Å². The van der Waals surface area contributed by atoms with E-state index in [1.165, 1.54) is 33.9 Å². The first kappa shape index (κ1) is 19.5. The molecule has 1 aliphatic heterocycles. The quantitative estimate of drug-likeness (QED) is 0.632. The third-order valence-corrected chi connectivity index (χ3v) is 5.70. The zero-order chi connectivity index (χ0) is 20.1. The van der Waals surface area contributed by atoms with Gasteiger partial charge in [-0.2, -0.15) is 0 Å². The maximum absolute atomic E-state index is 13.1. The lowest BCUT2D eigenvalue weighted by Crippen LogP contribution is -2.29. The summed E-state index contributed by atoms with van der Waals surface area (Å²) in [4.78, 5) is 20.4. The number of halogens is 1. The molecule has 0 saturated carbocycles. The molecular formula is C22H22FN3O2S. The van der Waals surface area contributed by atoms with E-state index in [1.807, 2.05) is 6.07 Å². The maximum Gasteiger partial charge on any atom is 0.229 e. The Balaban J connectivity index is 1.27. The highest BCUT2D eigenvalue weighted by molar-refractivity contribution is 7.15. The number of ether oxygens (including phenoxy) is 1. The molecule has 3 aromatic rings. The van der Waals surface area contributed by atoms with Gasteiger partial charge in [-0.3, -0.25) is 9.69 Å². The van der Waals surface area contributed by atoms with Crippen molar-refractivity contribution in [3.05, 3.63) is 76.5 Å². The minimum absolute atomic E-state index is 0.159. The lowest BCUT2D eigenvalue weighted by atomic mass is 10.1. The number of fused-ring (bicyclic) bond motifs is 1. The van der Waals surface area contributed by atoms with Gasteiger partial charge < -0.3 is 10.1 Å². The third-order valence-electron chi connectivity index (χ3n) is 4.70. The van der Waals surface area contributed by atoms with E-state index in [9.17, 15) is 9.18 Å². The van der Waals surface area contributed by atoms with Crippen molar-refractivity contribution >= 4 is 22.4 Å². The third kappa shape index (κ3) is 5.40. The Labute approximate surface area is 173 Å². The number of carbonyl (C=O) groups excluding carboxylic acids is 1. The summed E-state index contributed by atoms with van der Waals surface area (Å²) >= 11 is 1.53. The molecule has 1 N–H and O–H groups in total. The summed E-state index contributed by atoms with van der Waals surface area (Å²) in [6.45, 7) is 2.91. The number of rotatable bonds is 7. The summed E-state index contributed by atoms with van der Waals surface area (Å²) in [5.41, 5.74) is 2.37. The fourth-order valence-corrected chi connectivity index (χ4v) is 4.35. The number of benzene rings is 2. The van der Waals surface area contributed by atoms with Crippen molar-refractivity contribution in [1.29, 1.82) is 0 Å². The Morgan fingerprint density at radius 3 is 2.90 bits per heavy atom. The van der Waals surface area contributed by atoms with Gasteiger partial charge in [-0.15, -0.1) is 11.3 Å². The zero-order valence-electron chi connectivity index (χ0n) is 15.9. The van der Waals surface area contributed by atoms with E-state index in [-0.39, 0.29) is 24.8 Å². The molecule has 0 unspecified atom stereocenters. The van der Waals surface area contributed by atoms with Crippen LogP contribution in [0.3, 0.4) is 0 Å². The van der Waals surface area contributed by atoms with E-state index in [0.29, 0.717) is 10.9 Å². The average Bonchev–Trinajstić information content (AvgIpc) is 3.10. The Hall–Kier alpha value is -2.77. The van der Waals surface area contributed by atoms with E-state index in [0.717, 1.165) is 31.7 Å². The predicted molar refractivity (Wildman–Crippen MR) is 112 cm³/mol. The predicted octanol–water partition coefficient (Wildman–Crippen LogP) is 4.25. The molecule has 2 heterocycles. The summed E-state index contributed by atoms with van der Waals surface area (Å²) < 4.78 is 18.6. The van der Waals surface area contributed by atoms with Gasteiger partial charge >= 0.3 is 0 Å². The number of hydrogen-bond acceptors (Lipinski definition) is 5. The largest absolute Gasteiger partial charge is 0.493 e. The molecule has 0 atom stereocenters. The summed E-state index contributed by atoms with van der Waals surface area (Å²) in [5.74, 6) is -0.101. The van der Waals surface area contributed by atoms with Crippen LogP contribution in [0.15, 0.2) is 54.6 Å². The monoisotopic (exact) mass is 411 g/mol. The molecule has 0 bridgehead atoms. The van der Waals surface area contributed by atoms with Crippen LogP contribution in [0.1, 0.15) is 22.6 Å². The van der Waals surface area contributed by atoms with Crippen molar-refractivity contribution in [3.8, 4) is 5.75 Å². The standard InChI is InChI=1S/C22H22FN3O2S/c23-17-7-4-8-18(13-17)28-12-10-21(27)25-22-24-19-9-11-26(15-20(19)29-22)14-16-5-2-1-3-6-16/h1-8,13H,9-12,14-15H2,(H,24,25,27). The molecule has 1 amide bonds. The lowest BCUT2D eigenvalue weighted by Gasteiger charge is -2.25. The first-order valence-corrected chi connectivity index (χ1v) is 10.4. The normalized spacial score (nSPS) is 13.7. The second-order valence-electron chi connectivity index (χ2n) is 6.94. The van der Waals surface area contributed by atoms with Crippen LogP contribution >= 0.6 is 11.3 Å². The number of anilines is 1. The molecule has 1 aromatic heterocycles. The van der Waals surface area contributed by atoms with Gasteiger partial charge in [0.15, 0.2) is 5.13 Å². The van der Waals surface area contributed by atoms with Crippen LogP contribution in [0.25, 0.3) is 0 Å². The number of nitrogens with one attached hydrogen (secondary N) is 1. The Kier molecular flexibility index (Phi) is 6.17. The minimum Gasteiger partial charge on any atom is -0.493 e. The first-order chi connectivity index (χ1) is 14.2. The molecule has 0 fully saturated rings. The van der Waals surface area contributed by atoms with Crippen molar-refractivity contribution < 1.29 is 13.9 Å². The molecule has 4 rings (SSSR count). The summed E-state index contributed by atoms with van der Waals surface area (Å²) in [7, 11) is 0. The number of carbonyl (C=O) groups is 1. The summed E-state index contributed by atoms with van der Waals surface area (Å²) in [6.07, 6.45) is 1.07. The SMILES string of the molecule is O=C(CCOc1cccc(F)c1)Nc1nc2c(s1)CN(Cc1ccccc1)CC2. The minimum atomic E-state index is -0.360. The van der Waals surface area contributed by atoms with Gasteiger partial charge in [0, 0.05) is 37.0 Å². The highest BCUT2D eigenvalue weighted by Crippen LogP contribution is 2.29. The fourth-order valence-electron chi connectivity index (χ4n) is 3.28. The maximum atomic E-state index is 13.1. The fraction of sp³-hybridized carbons (Fsp3) is 0.273. The molecule has 7 heteroatoms. The number of nitrogens with zero attached hydrogens (tertiary/aromatic N) is 2. The van der Waals surface area contributed by atoms with Crippen LogP contribution in [0.2, 0.25) is 0 Å². The van der Waals surface area contributed by atoms with E-state index in [2.05, 4.69) is 39.5 Å². The molecule has 5 nitrogen and oxygen atoms in total. The van der Waals surface area contributed by atoms with Gasteiger partial charge in [-0.25, -0.2) is 9.37 Å². The number of aromatic nitrogens is 1. The molecule has 0 radical (unpaired) electrons. The molecule has 1 aliphatic rings. The van der Waals surface area contributed by atoms with Crippen molar-refractivity contribution in [2.75, 3.05) is 18.5 Å². The van der Waals surface area contributed by atoms with Crippen LogP contribution in [-0.4, -0.2) is 28.9 Å². The molecular weight excluding hydrogens is 389 g/mol. The van der Waals surface area contributed by atoms with Crippen LogP contribution in [0, 0.1) is 5.82 Å². The topological polar surface area (TPSA) is 54.5 Å². The summed E-state index contributed by atoms with van der Waals surface area (Å²) in [6, 6.07) is 16.3. The van der Waals surface area contributed by atoms with Crippen LogP contribution < -0.4 is 10.1 Å². The van der Waals surface area contributed by atoms with Crippen LogP contribution in [0.4, 0.5) is 9.52 Å². The van der Waals surface area contributed by atoms with Crippen molar-refractivity contribution in [2.45, 2.75) is 25.9 Å². The van der Waals surface area contributed by atoms with Gasteiger partial charge in [-0.1, -0.05) is 36.4 Å². The van der Waals surface area contributed by atoms with Crippen molar-refractivity contribution in [3.63, 3.8) is 0 Å². The van der Waals surface area contributed by atoms with E-state index >= 15 is 0 Å². The second-order valence-corrected chi connectivity index (χ2v) is 8.02. The smallest absolute Gasteiger partial charge is 0.229 e. The Morgan fingerprint density at radius 1 is 1.21 bits per heavy atom. The number of hydrogen-bond donors (Lipinski definition) is 1. The van der Waals surface area contributed by atoms with Gasteiger partial charge in [0.05, 0.1) is 18.7 Å². The van der Waals surface area contributed by atoms with Crippen molar-refractivity contribution in [2.24, 2.45) is 0 Å². The van der Waals surface area contributed by atoms with E-state index in [1.54, 1.807) is 12.1 Å². The number of amides is 1. The van der Waals surface area contributed by atoms with E-state index in [4.69, 9.17) is 4.74 Å². The van der Waals surface area contributed by atoms with Gasteiger partial charge in [0.2, 0.25) is 5.91 Å². The lowest BCUT2D eigenvalue weighted by molar-refractivity contribution is -0.116. The molecule has 0 spiro atoms. The van der Waals surface area contributed by atoms with Gasteiger partial charge in [0.25, 0.3) is 0 Å². The first-order valence-electron chi connectivity index (χ1n) is 9.59. The molecule has 2 aromatic carbocycles. The second kappa shape index (κ2) is 9.15. The Bertz CT molecular complexity index is 977. The molecule has 150 valence electrons. The molecule has 29 heavy (non-hydrogen) atoms. The highest BCUT2D eigenvalue weighted by Gasteiger charge is 2.21. The van der Waals surface area contributed by atoms with Crippen LogP contribution in [0.5, 0.6) is 5.75 Å². The van der Waals surface area contributed by atoms with Gasteiger partial charge in [-0.05, 0) is 17.7 Å². The molecule has 0 saturated heterocycles. The Morgan fingerprint density at radius 2 is 2.07 bits per heavy atom. The molecule has 0 aliphatic carbocycles.